The van der Waals surface area contributed by atoms with E-state index < -0.39 is 0 Å². The van der Waals surface area contributed by atoms with Crippen molar-refractivity contribution >= 4 is 51.3 Å². The van der Waals surface area contributed by atoms with Gasteiger partial charge < -0.3 is 15.5 Å². The summed E-state index contributed by atoms with van der Waals surface area (Å²) in [7, 11) is 0. The minimum absolute atomic E-state index is 0.0806. The number of carbonyl (C=O) groups is 3. The van der Waals surface area contributed by atoms with Crippen molar-refractivity contribution in [3.8, 4) is 0 Å². The highest BCUT2D eigenvalue weighted by Gasteiger charge is 2.18. The Labute approximate surface area is 196 Å². The number of aryl methyl sites for hydroxylation is 1. The van der Waals surface area contributed by atoms with E-state index in [4.69, 9.17) is 11.6 Å². The van der Waals surface area contributed by atoms with E-state index in [-0.39, 0.29) is 17.7 Å². The molecule has 2 N–H and O–H groups in total. The Hall–Kier alpha value is -3.16. The van der Waals surface area contributed by atoms with Crippen LogP contribution in [0.4, 0.5) is 10.7 Å². The van der Waals surface area contributed by atoms with Crippen LogP contribution in [0, 0.1) is 6.92 Å². The van der Waals surface area contributed by atoms with Crippen LogP contribution in [0.3, 0.4) is 0 Å². The van der Waals surface area contributed by atoms with Gasteiger partial charge in [0.25, 0.3) is 17.7 Å². The SMILES string of the molecule is CCN(CC)C(=O)c1cccc(NC(=O)c2sc(NC(=O)c3ccccc3Cl)cc2C)c1. The van der Waals surface area contributed by atoms with Gasteiger partial charge in [-0.25, -0.2) is 0 Å². The van der Waals surface area contributed by atoms with Crippen molar-refractivity contribution in [2.75, 3.05) is 23.7 Å². The number of carbonyl (C=O) groups excluding carboxylic acids is 3. The van der Waals surface area contributed by atoms with Crippen LogP contribution in [0.25, 0.3) is 0 Å². The third kappa shape index (κ3) is 5.36. The number of nitrogens with one attached hydrogen (secondary N) is 2. The normalized spacial score (nSPS) is 10.5. The van der Waals surface area contributed by atoms with E-state index in [1.807, 2.05) is 13.8 Å². The highest BCUT2D eigenvalue weighted by atomic mass is 35.5. The van der Waals surface area contributed by atoms with Crippen LogP contribution in [-0.4, -0.2) is 35.7 Å². The molecule has 3 rings (SSSR count). The molecular weight excluding hydrogens is 446 g/mol. The zero-order valence-electron chi connectivity index (χ0n) is 18.1. The number of benzene rings is 2. The summed E-state index contributed by atoms with van der Waals surface area (Å²) < 4.78 is 0. The summed E-state index contributed by atoms with van der Waals surface area (Å²) in [6.45, 7) is 6.88. The second-order valence-electron chi connectivity index (χ2n) is 7.07. The molecule has 2 aromatic carbocycles. The quantitative estimate of drug-likeness (QED) is 0.466. The van der Waals surface area contributed by atoms with E-state index in [1.165, 1.54) is 11.3 Å². The fourth-order valence-electron chi connectivity index (χ4n) is 3.20. The van der Waals surface area contributed by atoms with Gasteiger partial charge in [0.05, 0.1) is 20.5 Å². The molecule has 0 spiro atoms. The van der Waals surface area contributed by atoms with Gasteiger partial charge in [-0.1, -0.05) is 29.8 Å². The standard InChI is InChI=1S/C24H24ClN3O3S/c1-4-28(5-2)24(31)16-9-8-10-17(14-16)26-23(30)21-15(3)13-20(32-21)27-22(29)18-11-6-7-12-19(18)25/h6-14H,4-5H2,1-3H3,(H,26,30)(H,27,29). The first-order valence-electron chi connectivity index (χ1n) is 10.2. The van der Waals surface area contributed by atoms with Gasteiger partial charge in [0, 0.05) is 24.3 Å². The molecule has 3 aromatic rings. The molecule has 0 saturated carbocycles. The zero-order valence-corrected chi connectivity index (χ0v) is 19.6. The molecule has 3 amide bonds. The molecule has 6 nitrogen and oxygen atoms in total. The maximum Gasteiger partial charge on any atom is 0.266 e. The summed E-state index contributed by atoms with van der Waals surface area (Å²) in [5, 5.41) is 6.54. The van der Waals surface area contributed by atoms with Crippen LogP contribution < -0.4 is 10.6 Å². The Morgan fingerprint density at radius 3 is 2.34 bits per heavy atom. The van der Waals surface area contributed by atoms with Crippen LogP contribution in [-0.2, 0) is 0 Å². The highest BCUT2D eigenvalue weighted by molar-refractivity contribution is 7.18. The van der Waals surface area contributed by atoms with Crippen molar-refractivity contribution < 1.29 is 14.4 Å². The summed E-state index contributed by atoms with van der Waals surface area (Å²) in [6.07, 6.45) is 0. The molecule has 0 aliphatic heterocycles. The van der Waals surface area contributed by atoms with Gasteiger partial charge in [-0.3, -0.25) is 14.4 Å². The summed E-state index contributed by atoms with van der Waals surface area (Å²) in [6, 6.07) is 15.4. The molecule has 0 aliphatic rings. The Kier molecular flexibility index (Phi) is 7.66. The van der Waals surface area contributed by atoms with E-state index in [0.29, 0.717) is 44.8 Å². The molecule has 0 aliphatic carbocycles. The lowest BCUT2D eigenvalue weighted by Gasteiger charge is -2.19. The molecular formula is C24H24ClN3O3S. The molecule has 0 atom stereocenters. The van der Waals surface area contributed by atoms with Crippen molar-refractivity contribution in [3.63, 3.8) is 0 Å². The number of hydrogen-bond donors (Lipinski definition) is 2. The summed E-state index contributed by atoms with van der Waals surface area (Å²) in [5.74, 6) is -0.729. The molecule has 1 aromatic heterocycles. The Morgan fingerprint density at radius 1 is 0.938 bits per heavy atom. The molecule has 0 fully saturated rings. The minimum atomic E-state index is -0.341. The summed E-state index contributed by atoms with van der Waals surface area (Å²) in [5.41, 5.74) is 2.14. The summed E-state index contributed by atoms with van der Waals surface area (Å²) >= 11 is 7.26. The van der Waals surface area contributed by atoms with Gasteiger partial charge >= 0.3 is 0 Å². The maximum atomic E-state index is 12.9. The Balaban J connectivity index is 1.73. The van der Waals surface area contributed by atoms with E-state index in [2.05, 4.69) is 10.6 Å². The fourth-order valence-corrected chi connectivity index (χ4v) is 4.39. The smallest absolute Gasteiger partial charge is 0.266 e. The highest BCUT2D eigenvalue weighted by Crippen LogP contribution is 2.29. The van der Waals surface area contributed by atoms with Crippen molar-refractivity contribution in [1.29, 1.82) is 0 Å². The predicted molar refractivity (Wildman–Crippen MR) is 130 cm³/mol. The number of halogens is 1. The van der Waals surface area contributed by atoms with Crippen molar-refractivity contribution in [3.05, 3.63) is 81.2 Å². The van der Waals surface area contributed by atoms with Crippen LogP contribution in [0.15, 0.2) is 54.6 Å². The number of thiophene rings is 1. The maximum absolute atomic E-state index is 12.9. The van der Waals surface area contributed by atoms with Gasteiger partial charge in [-0.05, 0) is 62.7 Å². The minimum Gasteiger partial charge on any atom is -0.339 e. The van der Waals surface area contributed by atoms with Crippen molar-refractivity contribution in [2.24, 2.45) is 0 Å². The first-order chi connectivity index (χ1) is 15.3. The van der Waals surface area contributed by atoms with E-state index >= 15 is 0 Å². The monoisotopic (exact) mass is 469 g/mol. The average molecular weight is 470 g/mol. The van der Waals surface area contributed by atoms with Gasteiger partial charge in [-0.2, -0.15) is 0 Å². The second kappa shape index (κ2) is 10.4. The van der Waals surface area contributed by atoms with E-state index in [1.54, 1.807) is 66.4 Å². The van der Waals surface area contributed by atoms with Gasteiger partial charge in [-0.15, -0.1) is 11.3 Å². The number of amides is 3. The lowest BCUT2D eigenvalue weighted by molar-refractivity contribution is 0.0772. The lowest BCUT2D eigenvalue weighted by atomic mass is 10.1. The average Bonchev–Trinajstić information content (AvgIpc) is 3.15. The molecule has 0 saturated heterocycles. The third-order valence-corrected chi connectivity index (χ3v) is 6.38. The van der Waals surface area contributed by atoms with Crippen LogP contribution in [0.1, 0.15) is 49.8 Å². The van der Waals surface area contributed by atoms with E-state index in [0.717, 1.165) is 5.56 Å². The topological polar surface area (TPSA) is 78.5 Å². The zero-order chi connectivity index (χ0) is 23.3. The molecule has 1 heterocycles. The molecule has 0 radical (unpaired) electrons. The Morgan fingerprint density at radius 2 is 1.66 bits per heavy atom. The largest absolute Gasteiger partial charge is 0.339 e. The number of hydrogen-bond acceptors (Lipinski definition) is 4. The number of anilines is 2. The number of rotatable bonds is 7. The van der Waals surface area contributed by atoms with Crippen LogP contribution in [0.5, 0.6) is 0 Å². The molecule has 0 unspecified atom stereocenters. The molecule has 32 heavy (non-hydrogen) atoms. The van der Waals surface area contributed by atoms with Gasteiger partial charge in [0.15, 0.2) is 0 Å². The number of nitrogens with zero attached hydrogens (tertiary/aromatic N) is 1. The first kappa shape index (κ1) is 23.5. The molecule has 166 valence electrons. The third-order valence-electron chi connectivity index (χ3n) is 4.90. The van der Waals surface area contributed by atoms with Gasteiger partial charge in [0.2, 0.25) is 0 Å². The first-order valence-corrected chi connectivity index (χ1v) is 11.4. The van der Waals surface area contributed by atoms with Crippen LogP contribution in [0.2, 0.25) is 5.02 Å². The molecule has 0 bridgehead atoms. The summed E-state index contributed by atoms with van der Waals surface area (Å²) in [4.78, 5) is 40.1. The van der Waals surface area contributed by atoms with Crippen molar-refractivity contribution in [2.45, 2.75) is 20.8 Å². The van der Waals surface area contributed by atoms with Crippen LogP contribution >= 0.6 is 22.9 Å². The van der Waals surface area contributed by atoms with E-state index in [9.17, 15) is 14.4 Å². The predicted octanol–water partition coefficient (Wildman–Crippen LogP) is 5.70. The molecule has 8 heteroatoms. The van der Waals surface area contributed by atoms with Crippen molar-refractivity contribution in [1.82, 2.24) is 4.90 Å². The second-order valence-corrected chi connectivity index (χ2v) is 8.53. The Bertz CT molecular complexity index is 1150. The lowest BCUT2D eigenvalue weighted by Crippen LogP contribution is -2.30. The van der Waals surface area contributed by atoms with Gasteiger partial charge in [0.1, 0.15) is 0 Å². The fraction of sp³-hybridized carbons (Fsp3) is 0.208.